The van der Waals surface area contributed by atoms with Crippen LogP contribution in [0, 0.1) is 6.92 Å². The summed E-state index contributed by atoms with van der Waals surface area (Å²) in [5.41, 5.74) is 2.38. The van der Waals surface area contributed by atoms with Crippen LogP contribution in [0.15, 0.2) is 24.3 Å². The van der Waals surface area contributed by atoms with Crippen LogP contribution in [0.5, 0.6) is 0 Å². The number of carboxylic acid groups (broad SMARTS) is 1. The van der Waals surface area contributed by atoms with Gasteiger partial charge in [-0.05, 0) is 18.9 Å². The lowest BCUT2D eigenvalue weighted by Crippen LogP contribution is -2.27. The number of aryl methyl sites for hydroxylation is 1. The smallest absolute Gasteiger partial charge is 0.317 e. The standard InChI is InChI=1S/C13H19NO2/c1-3-4-12(14-9-13(15)16)11-7-5-10(2)6-8-11/h5-8,12,14H,3-4,9H2,1-2H3,(H,15,16). The van der Waals surface area contributed by atoms with Crippen LogP contribution in [-0.2, 0) is 4.79 Å². The summed E-state index contributed by atoms with van der Waals surface area (Å²) in [5.74, 6) is -0.812. The molecule has 3 nitrogen and oxygen atoms in total. The first kappa shape index (κ1) is 12.7. The molecular weight excluding hydrogens is 202 g/mol. The zero-order valence-corrected chi connectivity index (χ0v) is 9.86. The Labute approximate surface area is 96.5 Å². The molecule has 16 heavy (non-hydrogen) atoms. The van der Waals surface area contributed by atoms with Gasteiger partial charge in [0.2, 0.25) is 0 Å². The van der Waals surface area contributed by atoms with E-state index in [1.165, 1.54) is 5.56 Å². The van der Waals surface area contributed by atoms with Gasteiger partial charge in [0.25, 0.3) is 0 Å². The van der Waals surface area contributed by atoms with Gasteiger partial charge in [0, 0.05) is 6.04 Å². The van der Waals surface area contributed by atoms with Crippen molar-refractivity contribution in [1.29, 1.82) is 0 Å². The number of hydrogen-bond donors (Lipinski definition) is 2. The molecule has 0 aromatic heterocycles. The Morgan fingerprint density at radius 1 is 1.38 bits per heavy atom. The third-order valence-electron chi connectivity index (χ3n) is 2.56. The average molecular weight is 221 g/mol. The Hall–Kier alpha value is -1.35. The third kappa shape index (κ3) is 4.03. The van der Waals surface area contributed by atoms with Crippen LogP contribution >= 0.6 is 0 Å². The van der Waals surface area contributed by atoms with E-state index in [-0.39, 0.29) is 12.6 Å². The largest absolute Gasteiger partial charge is 0.480 e. The molecule has 1 unspecified atom stereocenters. The maximum atomic E-state index is 10.5. The zero-order chi connectivity index (χ0) is 12.0. The molecule has 0 aliphatic rings. The van der Waals surface area contributed by atoms with E-state index in [2.05, 4.69) is 36.5 Å². The molecule has 0 aliphatic heterocycles. The van der Waals surface area contributed by atoms with Crippen LogP contribution in [-0.4, -0.2) is 17.6 Å². The fourth-order valence-electron chi connectivity index (χ4n) is 1.68. The molecule has 0 fully saturated rings. The second kappa shape index (κ2) is 6.28. The summed E-state index contributed by atoms with van der Waals surface area (Å²) in [6.45, 7) is 4.16. The van der Waals surface area contributed by atoms with Gasteiger partial charge in [0.05, 0.1) is 6.54 Å². The van der Waals surface area contributed by atoms with Crippen LogP contribution in [0.1, 0.15) is 36.9 Å². The minimum absolute atomic E-state index is 0.0124. The lowest BCUT2D eigenvalue weighted by molar-refractivity contribution is -0.136. The minimum Gasteiger partial charge on any atom is -0.480 e. The van der Waals surface area contributed by atoms with Crippen LogP contribution in [0.2, 0.25) is 0 Å². The Kier molecular flexibility index (Phi) is 4.99. The van der Waals surface area contributed by atoms with Crippen molar-refractivity contribution < 1.29 is 9.90 Å². The van der Waals surface area contributed by atoms with Gasteiger partial charge >= 0.3 is 5.97 Å². The van der Waals surface area contributed by atoms with Gasteiger partial charge in [-0.15, -0.1) is 0 Å². The summed E-state index contributed by atoms with van der Waals surface area (Å²) in [5, 5.41) is 11.7. The highest BCUT2D eigenvalue weighted by molar-refractivity contribution is 5.69. The van der Waals surface area contributed by atoms with E-state index in [9.17, 15) is 4.79 Å². The van der Waals surface area contributed by atoms with Crippen LogP contribution in [0.25, 0.3) is 0 Å². The minimum atomic E-state index is -0.812. The van der Waals surface area contributed by atoms with E-state index in [0.717, 1.165) is 18.4 Å². The predicted molar refractivity (Wildman–Crippen MR) is 64.5 cm³/mol. The van der Waals surface area contributed by atoms with Crippen molar-refractivity contribution in [1.82, 2.24) is 5.32 Å². The molecule has 0 amide bonds. The molecule has 88 valence electrons. The fourth-order valence-corrected chi connectivity index (χ4v) is 1.68. The second-order valence-corrected chi connectivity index (χ2v) is 4.03. The lowest BCUT2D eigenvalue weighted by atomic mass is 10.0. The molecule has 1 rings (SSSR count). The highest BCUT2D eigenvalue weighted by Gasteiger charge is 2.10. The molecule has 1 aromatic rings. The first-order valence-electron chi connectivity index (χ1n) is 5.65. The van der Waals surface area contributed by atoms with Gasteiger partial charge < -0.3 is 10.4 Å². The highest BCUT2D eigenvalue weighted by atomic mass is 16.4. The van der Waals surface area contributed by atoms with E-state index >= 15 is 0 Å². The van der Waals surface area contributed by atoms with Gasteiger partial charge in [-0.2, -0.15) is 0 Å². The van der Waals surface area contributed by atoms with Gasteiger partial charge in [0.15, 0.2) is 0 Å². The van der Waals surface area contributed by atoms with Crippen LogP contribution in [0.3, 0.4) is 0 Å². The van der Waals surface area contributed by atoms with Gasteiger partial charge in [-0.25, -0.2) is 0 Å². The zero-order valence-electron chi connectivity index (χ0n) is 9.86. The van der Waals surface area contributed by atoms with E-state index < -0.39 is 5.97 Å². The fraction of sp³-hybridized carbons (Fsp3) is 0.462. The SMILES string of the molecule is CCCC(NCC(=O)O)c1ccc(C)cc1. The molecule has 0 heterocycles. The van der Waals surface area contributed by atoms with Crippen molar-refractivity contribution >= 4 is 5.97 Å². The molecule has 0 saturated heterocycles. The Morgan fingerprint density at radius 3 is 2.50 bits per heavy atom. The molecule has 2 N–H and O–H groups in total. The number of aliphatic carboxylic acids is 1. The molecule has 0 bridgehead atoms. The van der Waals surface area contributed by atoms with E-state index in [1.54, 1.807) is 0 Å². The summed E-state index contributed by atoms with van der Waals surface area (Å²) >= 11 is 0. The van der Waals surface area contributed by atoms with Crippen molar-refractivity contribution in [3.8, 4) is 0 Å². The van der Waals surface area contributed by atoms with Gasteiger partial charge in [-0.3, -0.25) is 4.79 Å². The first-order valence-corrected chi connectivity index (χ1v) is 5.65. The molecule has 0 saturated carbocycles. The average Bonchev–Trinajstić information content (AvgIpc) is 2.25. The molecule has 1 aromatic carbocycles. The molecule has 0 aliphatic carbocycles. The molecule has 1 atom stereocenters. The second-order valence-electron chi connectivity index (χ2n) is 4.03. The van der Waals surface area contributed by atoms with Crippen molar-refractivity contribution in [2.24, 2.45) is 0 Å². The number of carboxylic acids is 1. The predicted octanol–water partition coefficient (Wildman–Crippen LogP) is 2.51. The normalized spacial score (nSPS) is 12.4. The third-order valence-corrected chi connectivity index (χ3v) is 2.56. The van der Waals surface area contributed by atoms with Crippen LogP contribution in [0.4, 0.5) is 0 Å². The topological polar surface area (TPSA) is 49.3 Å². The number of nitrogens with one attached hydrogen (secondary N) is 1. The summed E-state index contributed by atoms with van der Waals surface area (Å²) in [4.78, 5) is 10.5. The molecule has 3 heteroatoms. The summed E-state index contributed by atoms with van der Waals surface area (Å²) < 4.78 is 0. The monoisotopic (exact) mass is 221 g/mol. The molecule has 0 radical (unpaired) electrons. The van der Waals surface area contributed by atoms with Crippen molar-refractivity contribution in [2.45, 2.75) is 32.7 Å². The van der Waals surface area contributed by atoms with Crippen molar-refractivity contribution in [3.63, 3.8) is 0 Å². The van der Waals surface area contributed by atoms with E-state index in [0.29, 0.717) is 0 Å². The Morgan fingerprint density at radius 2 is 2.00 bits per heavy atom. The van der Waals surface area contributed by atoms with Crippen molar-refractivity contribution in [3.05, 3.63) is 35.4 Å². The lowest BCUT2D eigenvalue weighted by Gasteiger charge is -2.17. The molecular formula is C13H19NO2. The van der Waals surface area contributed by atoms with Crippen LogP contribution < -0.4 is 5.32 Å². The summed E-state index contributed by atoms with van der Waals surface area (Å²) in [7, 11) is 0. The number of hydrogen-bond acceptors (Lipinski definition) is 2. The van der Waals surface area contributed by atoms with Gasteiger partial charge in [-0.1, -0.05) is 43.2 Å². The number of rotatable bonds is 6. The number of benzene rings is 1. The molecule has 0 spiro atoms. The van der Waals surface area contributed by atoms with E-state index in [4.69, 9.17) is 5.11 Å². The maximum absolute atomic E-state index is 10.5. The van der Waals surface area contributed by atoms with Crippen molar-refractivity contribution in [2.75, 3.05) is 6.54 Å². The quantitative estimate of drug-likeness (QED) is 0.776. The Balaban J connectivity index is 2.68. The maximum Gasteiger partial charge on any atom is 0.317 e. The first-order chi connectivity index (χ1) is 7.63. The Bertz CT molecular complexity index is 332. The number of carbonyl (C=O) groups is 1. The highest BCUT2D eigenvalue weighted by Crippen LogP contribution is 2.18. The summed E-state index contributed by atoms with van der Waals surface area (Å²) in [6, 6.07) is 8.37. The summed E-state index contributed by atoms with van der Waals surface area (Å²) in [6.07, 6.45) is 1.99. The van der Waals surface area contributed by atoms with Gasteiger partial charge in [0.1, 0.15) is 0 Å². The van der Waals surface area contributed by atoms with E-state index in [1.807, 2.05) is 6.92 Å².